The fraction of sp³-hybridized carbons (Fsp3) is 1.00. The van der Waals surface area contributed by atoms with Gasteiger partial charge < -0.3 is 10.2 Å². The molecule has 0 amide bonds. The lowest BCUT2D eigenvalue weighted by molar-refractivity contribution is 0.133. The van der Waals surface area contributed by atoms with Gasteiger partial charge in [0.05, 0.1) is 0 Å². The molecule has 1 aliphatic heterocycles. The minimum absolute atomic E-state index is 0.844. The molecule has 0 bridgehead atoms. The van der Waals surface area contributed by atoms with Crippen molar-refractivity contribution < 1.29 is 0 Å². The third kappa shape index (κ3) is 4.98. The van der Waals surface area contributed by atoms with Crippen LogP contribution >= 0.6 is 0 Å². The summed E-state index contributed by atoms with van der Waals surface area (Å²) in [6.45, 7) is 8.47. The fourth-order valence-electron chi connectivity index (χ4n) is 2.42. The summed E-state index contributed by atoms with van der Waals surface area (Å²) in [6, 6.07) is 0.852. The van der Waals surface area contributed by atoms with Crippen molar-refractivity contribution in [1.29, 1.82) is 0 Å². The molecule has 0 radical (unpaired) electrons. The number of rotatable bonds is 6. The molecule has 0 aromatic carbocycles. The Hall–Kier alpha value is -0.0800. The van der Waals surface area contributed by atoms with Gasteiger partial charge in [-0.05, 0) is 58.3 Å². The number of nitrogens with zero attached hydrogens (tertiary/aromatic N) is 1. The molecule has 2 heteroatoms. The normalized spacial score (nSPS) is 23.6. The van der Waals surface area contributed by atoms with Crippen LogP contribution in [0.4, 0.5) is 0 Å². The average Bonchev–Trinajstić information content (AvgIpc) is 2.24. The van der Waals surface area contributed by atoms with E-state index < -0.39 is 0 Å². The second-order valence-corrected chi connectivity index (χ2v) is 5.26. The molecule has 1 fully saturated rings. The van der Waals surface area contributed by atoms with E-state index in [1.165, 1.54) is 51.7 Å². The van der Waals surface area contributed by atoms with Crippen LogP contribution in [0.2, 0.25) is 0 Å². The predicted octanol–water partition coefficient (Wildman–Crippen LogP) is 2.50. The maximum absolute atomic E-state index is 3.27. The van der Waals surface area contributed by atoms with Gasteiger partial charge in [-0.25, -0.2) is 0 Å². The Morgan fingerprint density at radius 2 is 2.13 bits per heavy atom. The Morgan fingerprint density at radius 3 is 2.80 bits per heavy atom. The summed E-state index contributed by atoms with van der Waals surface area (Å²) in [7, 11) is 2.06. The van der Waals surface area contributed by atoms with Crippen LogP contribution in [0, 0.1) is 5.92 Å². The fourth-order valence-corrected chi connectivity index (χ4v) is 2.42. The molecule has 1 N–H and O–H groups in total. The van der Waals surface area contributed by atoms with Crippen molar-refractivity contribution in [3.05, 3.63) is 0 Å². The summed E-state index contributed by atoms with van der Waals surface area (Å²) in [5.41, 5.74) is 0. The lowest BCUT2D eigenvalue weighted by Gasteiger charge is -2.36. The first-order valence-electron chi connectivity index (χ1n) is 6.62. The molecule has 1 saturated heterocycles. The van der Waals surface area contributed by atoms with Crippen LogP contribution in [-0.2, 0) is 0 Å². The topological polar surface area (TPSA) is 15.3 Å². The second-order valence-electron chi connectivity index (χ2n) is 5.26. The Bertz CT molecular complexity index is 157. The van der Waals surface area contributed by atoms with Crippen molar-refractivity contribution in [2.75, 3.05) is 26.7 Å². The van der Waals surface area contributed by atoms with Crippen LogP contribution in [0.5, 0.6) is 0 Å². The third-order valence-electron chi connectivity index (χ3n) is 3.47. The first-order chi connectivity index (χ1) is 7.24. The van der Waals surface area contributed by atoms with Crippen LogP contribution in [0.25, 0.3) is 0 Å². The van der Waals surface area contributed by atoms with Gasteiger partial charge in [0.25, 0.3) is 0 Å². The third-order valence-corrected chi connectivity index (χ3v) is 3.47. The number of hydrogen-bond donors (Lipinski definition) is 1. The Morgan fingerprint density at radius 1 is 1.33 bits per heavy atom. The van der Waals surface area contributed by atoms with Crippen molar-refractivity contribution in [2.24, 2.45) is 5.92 Å². The minimum Gasteiger partial charge on any atom is -0.320 e. The molecule has 90 valence electrons. The molecular formula is C13H28N2. The van der Waals surface area contributed by atoms with Crippen LogP contribution in [0.15, 0.2) is 0 Å². The van der Waals surface area contributed by atoms with E-state index in [0.717, 1.165) is 12.0 Å². The van der Waals surface area contributed by atoms with E-state index >= 15 is 0 Å². The Labute approximate surface area is 95.4 Å². The van der Waals surface area contributed by atoms with E-state index in [1.54, 1.807) is 0 Å². The molecule has 0 spiro atoms. The van der Waals surface area contributed by atoms with Gasteiger partial charge in [-0.1, -0.05) is 20.3 Å². The molecule has 1 aliphatic rings. The maximum atomic E-state index is 3.27. The Balaban J connectivity index is 2.29. The number of hydrogen-bond acceptors (Lipinski definition) is 2. The first-order valence-corrected chi connectivity index (χ1v) is 6.62. The van der Waals surface area contributed by atoms with E-state index in [1.807, 2.05) is 0 Å². The van der Waals surface area contributed by atoms with Gasteiger partial charge in [0.15, 0.2) is 0 Å². The lowest BCUT2D eigenvalue weighted by Crippen LogP contribution is -2.41. The predicted molar refractivity (Wildman–Crippen MR) is 67.2 cm³/mol. The summed E-state index contributed by atoms with van der Waals surface area (Å²) < 4.78 is 0. The van der Waals surface area contributed by atoms with Gasteiger partial charge in [-0.2, -0.15) is 0 Å². The van der Waals surface area contributed by atoms with Gasteiger partial charge in [-0.15, -0.1) is 0 Å². The first kappa shape index (κ1) is 13.0. The van der Waals surface area contributed by atoms with E-state index in [-0.39, 0.29) is 0 Å². The highest BCUT2D eigenvalue weighted by atomic mass is 15.2. The van der Waals surface area contributed by atoms with Crippen molar-refractivity contribution in [3.8, 4) is 0 Å². The zero-order chi connectivity index (χ0) is 11.1. The molecule has 0 aliphatic carbocycles. The lowest BCUT2D eigenvalue weighted by atomic mass is 9.98. The Kier molecular flexibility index (Phi) is 6.26. The van der Waals surface area contributed by atoms with E-state index in [4.69, 9.17) is 0 Å². The highest BCUT2D eigenvalue weighted by Crippen LogP contribution is 2.20. The molecule has 2 nitrogen and oxygen atoms in total. The smallest absolute Gasteiger partial charge is 0.0107 e. The van der Waals surface area contributed by atoms with E-state index in [2.05, 4.69) is 31.1 Å². The number of likely N-dealkylation sites (tertiary alicyclic amines) is 1. The molecule has 1 heterocycles. The van der Waals surface area contributed by atoms with Crippen LogP contribution < -0.4 is 5.32 Å². The standard InChI is InChI=1S/C13H28N2/c1-12(2)8-11-15-10-5-4-6-13(15)7-9-14-3/h12-14H,4-11H2,1-3H3. The number of piperidine rings is 1. The van der Waals surface area contributed by atoms with E-state index in [9.17, 15) is 0 Å². The highest BCUT2D eigenvalue weighted by molar-refractivity contribution is 4.77. The quantitative estimate of drug-likeness (QED) is 0.728. The summed E-state index contributed by atoms with van der Waals surface area (Å²) in [5.74, 6) is 0.844. The summed E-state index contributed by atoms with van der Waals surface area (Å²) >= 11 is 0. The SMILES string of the molecule is CNCCC1CCCCN1CCC(C)C. The average molecular weight is 212 g/mol. The van der Waals surface area contributed by atoms with Crippen LogP contribution in [-0.4, -0.2) is 37.6 Å². The van der Waals surface area contributed by atoms with Crippen molar-refractivity contribution in [2.45, 2.75) is 52.0 Å². The van der Waals surface area contributed by atoms with Gasteiger partial charge in [-0.3, -0.25) is 0 Å². The summed E-state index contributed by atoms with van der Waals surface area (Å²) in [6.07, 6.45) is 6.95. The molecule has 0 aromatic rings. The second kappa shape index (κ2) is 7.24. The molecule has 0 aromatic heterocycles. The van der Waals surface area contributed by atoms with Crippen molar-refractivity contribution in [1.82, 2.24) is 10.2 Å². The van der Waals surface area contributed by atoms with E-state index in [0.29, 0.717) is 0 Å². The molecule has 1 atom stereocenters. The van der Waals surface area contributed by atoms with Crippen LogP contribution in [0.3, 0.4) is 0 Å². The van der Waals surface area contributed by atoms with Crippen molar-refractivity contribution >= 4 is 0 Å². The molecule has 0 saturated carbocycles. The maximum Gasteiger partial charge on any atom is 0.0107 e. The molecule has 15 heavy (non-hydrogen) atoms. The van der Waals surface area contributed by atoms with Gasteiger partial charge >= 0.3 is 0 Å². The molecule has 1 rings (SSSR count). The summed E-state index contributed by atoms with van der Waals surface area (Å²) in [4.78, 5) is 2.72. The zero-order valence-corrected chi connectivity index (χ0v) is 10.8. The largest absolute Gasteiger partial charge is 0.320 e. The van der Waals surface area contributed by atoms with Gasteiger partial charge in [0.1, 0.15) is 0 Å². The minimum atomic E-state index is 0.844. The highest BCUT2D eigenvalue weighted by Gasteiger charge is 2.21. The zero-order valence-electron chi connectivity index (χ0n) is 10.8. The number of nitrogens with one attached hydrogen (secondary N) is 1. The summed E-state index contributed by atoms with van der Waals surface area (Å²) in [5, 5.41) is 3.27. The van der Waals surface area contributed by atoms with Crippen molar-refractivity contribution in [3.63, 3.8) is 0 Å². The monoisotopic (exact) mass is 212 g/mol. The molecular weight excluding hydrogens is 184 g/mol. The van der Waals surface area contributed by atoms with Gasteiger partial charge in [0, 0.05) is 6.04 Å². The van der Waals surface area contributed by atoms with Crippen LogP contribution in [0.1, 0.15) is 46.0 Å². The molecule has 1 unspecified atom stereocenters. The van der Waals surface area contributed by atoms with Gasteiger partial charge in [0.2, 0.25) is 0 Å².